The molecule has 1 aliphatic rings. The molecule has 116 valence electrons. The summed E-state index contributed by atoms with van der Waals surface area (Å²) in [5.74, 6) is -2.04. The quantitative estimate of drug-likeness (QED) is 0.922. The highest BCUT2D eigenvalue weighted by atomic mass is 16.4. The molecule has 1 unspecified atom stereocenters. The fourth-order valence-corrected chi connectivity index (χ4v) is 3.22. The molecule has 4 nitrogen and oxygen atoms in total. The number of nitrogens with zero attached hydrogens (tertiary/aromatic N) is 2. The first kappa shape index (κ1) is 15.3. The van der Waals surface area contributed by atoms with Gasteiger partial charge >= 0.3 is 5.97 Å². The summed E-state index contributed by atoms with van der Waals surface area (Å²) < 4.78 is 0. The van der Waals surface area contributed by atoms with Crippen LogP contribution in [0.1, 0.15) is 17.2 Å². The molecule has 2 aromatic rings. The molecule has 1 heterocycles. The van der Waals surface area contributed by atoms with Crippen molar-refractivity contribution in [2.24, 2.45) is 11.8 Å². The predicted molar refractivity (Wildman–Crippen MR) is 86.5 cm³/mol. The lowest BCUT2D eigenvalue weighted by Crippen LogP contribution is -2.52. The Morgan fingerprint density at radius 1 is 1.04 bits per heavy atom. The van der Waals surface area contributed by atoms with Crippen LogP contribution in [-0.4, -0.2) is 29.1 Å². The van der Waals surface area contributed by atoms with Crippen molar-refractivity contribution >= 4 is 5.97 Å². The maximum atomic E-state index is 11.1. The lowest BCUT2D eigenvalue weighted by molar-refractivity contribution is -0.143. The van der Waals surface area contributed by atoms with E-state index in [-0.39, 0.29) is 12.0 Å². The Morgan fingerprint density at radius 3 is 1.91 bits per heavy atom. The van der Waals surface area contributed by atoms with E-state index in [1.54, 1.807) is 0 Å². The molecule has 1 atom stereocenters. The molecular weight excluding hydrogens is 288 g/mol. The number of likely N-dealkylation sites (tertiary alicyclic amines) is 1. The topological polar surface area (TPSA) is 64.3 Å². The van der Waals surface area contributed by atoms with Crippen molar-refractivity contribution < 1.29 is 9.90 Å². The molecule has 0 aliphatic carbocycles. The minimum Gasteiger partial charge on any atom is -0.480 e. The molecular formula is C19H18N2O2. The maximum Gasteiger partial charge on any atom is 0.321 e. The summed E-state index contributed by atoms with van der Waals surface area (Å²) in [5.41, 5.74) is 2.36. The second-order valence-corrected chi connectivity index (χ2v) is 5.88. The van der Waals surface area contributed by atoms with Gasteiger partial charge in [-0.2, -0.15) is 5.26 Å². The highest BCUT2D eigenvalue weighted by Crippen LogP contribution is 2.36. The fourth-order valence-electron chi connectivity index (χ4n) is 3.22. The van der Waals surface area contributed by atoms with E-state index in [1.807, 2.05) is 42.5 Å². The minimum atomic E-state index is -1.02. The number of nitriles is 1. The second-order valence-electron chi connectivity index (χ2n) is 5.88. The van der Waals surface area contributed by atoms with Crippen molar-refractivity contribution in [2.75, 3.05) is 13.1 Å². The lowest BCUT2D eigenvalue weighted by atomic mass is 9.83. The molecule has 4 heteroatoms. The zero-order valence-electron chi connectivity index (χ0n) is 12.7. The van der Waals surface area contributed by atoms with E-state index in [1.165, 1.54) is 11.1 Å². The molecule has 23 heavy (non-hydrogen) atoms. The molecule has 1 fully saturated rings. The molecule has 3 rings (SSSR count). The summed E-state index contributed by atoms with van der Waals surface area (Å²) in [4.78, 5) is 13.4. The first-order valence-corrected chi connectivity index (χ1v) is 7.67. The van der Waals surface area contributed by atoms with E-state index in [0.717, 1.165) is 0 Å². The number of carbonyl (C=O) groups is 1. The Balaban J connectivity index is 1.82. The van der Waals surface area contributed by atoms with Crippen LogP contribution >= 0.6 is 0 Å². The number of carboxylic acids is 1. The van der Waals surface area contributed by atoms with Gasteiger partial charge in [-0.25, -0.2) is 0 Å². The number of rotatable bonds is 5. The average molecular weight is 306 g/mol. The largest absolute Gasteiger partial charge is 0.480 e. The Bertz CT molecular complexity index is 664. The van der Waals surface area contributed by atoms with Crippen molar-refractivity contribution in [3.8, 4) is 6.07 Å². The van der Waals surface area contributed by atoms with Gasteiger partial charge in [0.25, 0.3) is 0 Å². The highest BCUT2D eigenvalue weighted by Gasteiger charge is 2.41. The van der Waals surface area contributed by atoms with Gasteiger partial charge in [-0.15, -0.1) is 0 Å². The second kappa shape index (κ2) is 6.64. The Hall–Kier alpha value is -2.64. The van der Waals surface area contributed by atoms with E-state index in [9.17, 15) is 4.79 Å². The van der Waals surface area contributed by atoms with E-state index in [4.69, 9.17) is 10.4 Å². The molecule has 0 saturated carbocycles. The van der Waals surface area contributed by atoms with Crippen LogP contribution in [0, 0.1) is 23.2 Å². The molecule has 0 amide bonds. The zero-order chi connectivity index (χ0) is 16.2. The SMILES string of the molecule is N#CC(C(=O)O)C1CN(C(c2ccccc2)c2ccccc2)C1. The van der Waals surface area contributed by atoms with Crippen molar-refractivity contribution in [1.82, 2.24) is 4.90 Å². The van der Waals surface area contributed by atoms with Gasteiger partial charge < -0.3 is 5.11 Å². The smallest absolute Gasteiger partial charge is 0.321 e. The predicted octanol–water partition coefficient (Wildman–Crippen LogP) is 2.93. The molecule has 1 N–H and O–H groups in total. The van der Waals surface area contributed by atoms with Gasteiger partial charge in [-0.3, -0.25) is 9.69 Å². The zero-order valence-corrected chi connectivity index (χ0v) is 12.7. The van der Waals surface area contributed by atoms with E-state index < -0.39 is 11.9 Å². The van der Waals surface area contributed by atoms with Crippen molar-refractivity contribution in [3.63, 3.8) is 0 Å². The van der Waals surface area contributed by atoms with Crippen molar-refractivity contribution in [1.29, 1.82) is 5.26 Å². The molecule has 1 aliphatic heterocycles. The van der Waals surface area contributed by atoms with Gasteiger partial charge in [0, 0.05) is 19.0 Å². The van der Waals surface area contributed by atoms with Gasteiger partial charge in [-0.05, 0) is 11.1 Å². The summed E-state index contributed by atoms with van der Waals surface area (Å²) in [7, 11) is 0. The molecule has 1 saturated heterocycles. The first-order chi connectivity index (χ1) is 11.2. The summed E-state index contributed by atoms with van der Waals surface area (Å²) in [6.45, 7) is 1.25. The monoisotopic (exact) mass is 306 g/mol. The third kappa shape index (κ3) is 3.10. The number of hydrogen-bond donors (Lipinski definition) is 1. The third-order valence-electron chi connectivity index (χ3n) is 4.41. The summed E-state index contributed by atoms with van der Waals surface area (Å²) in [6.07, 6.45) is 0. The van der Waals surface area contributed by atoms with Gasteiger partial charge in [-0.1, -0.05) is 60.7 Å². The van der Waals surface area contributed by atoms with E-state index >= 15 is 0 Å². The van der Waals surface area contributed by atoms with Crippen molar-refractivity contribution in [3.05, 3.63) is 71.8 Å². The Kier molecular flexibility index (Phi) is 4.40. The minimum absolute atomic E-state index is 0.0989. The van der Waals surface area contributed by atoms with Crippen LogP contribution in [0.3, 0.4) is 0 Å². The average Bonchev–Trinajstić information content (AvgIpc) is 2.54. The summed E-state index contributed by atoms with van der Waals surface area (Å²) >= 11 is 0. The number of benzene rings is 2. The van der Waals surface area contributed by atoms with Gasteiger partial charge in [0.15, 0.2) is 0 Å². The van der Waals surface area contributed by atoms with Crippen LogP contribution in [0.25, 0.3) is 0 Å². The summed E-state index contributed by atoms with van der Waals surface area (Å²) in [5, 5.41) is 18.2. The van der Waals surface area contributed by atoms with E-state index in [2.05, 4.69) is 29.2 Å². The van der Waals surface area contributed by atoms with Crippen LogP contribution in [0.5, 0.6) is 0 Å². The number of carboxylic acid groups (broad SMARTS) is 1. The van der Waals surface area contributed by atoms with Crippen LogP contribution in [0.15, 0.2) is 60.7 Å². The van der Waals surface area contributed by atoms with Gasteiger partial charge in [0.2, 0.25) is 0 Å². The fraction of sp³-hybridized carbons (Fsp3) is 0.263. The molecule has 2 aromatic carbocycles. The number of aliphatic carboxylic acids is 1. The highest BCUT2D eigenvalue weighted by molar-refractivity contribution is 5.73. The number of hydrogen-bond acceptors (Lipinski definition) is 3. The summed E-state index contributed by atoms with van der Waals surface area (Å²) in [6, 6.07) is 22.4. The molecule has 0 bridgehead atoms. The van der Waals surface area contributed by atoms with Crippen molar-refractivity contribution in [2.45, 2.75) is 6.04 Å². The Labute approximate surface area is 135 Å². The lowest BCUT2D eigenvalue weighted by Gasteiger charge is -2.45. The van der Waals surface area contributed by atoms with Crippen LogP contribution < -0.4 is 0 Å². The van der Waals surface area contributed by atoms with Crippen LogP contribution in [0.2, 0.25) is 0 Å². The first-order valence-electron chi connectivity index (χ1n) is 7.67. The van der Waals surface area contributed by atoms with E-state index in [0.29, 0.717) is 13.1 Å². The molecule has 0 aromatic heterocycles. The third-order valence-corrected chi connectivity index (χ3v) is 4.41. The molecule has 0 spiro atoms. The van der Waals surface area contributed by atoms with Gasteiger partial charge in [0.05, 0.1) is 12.1 Å². The normalized spacial score (nSPS) is 16.5. The van der Waals surface area contributed by atoms with Crippen LogP contribution in [-0.2, 0) is 4.79 Å². The van der Waals surface area contributed by atoms with Gasteiger partial charge in [0.1, 0.15) is 5.92 Å². The Morgan fingerprint density at radius 2 is 1.52 bits per heavy atom. The molecule has 0 radical (unpaired) electrons. The maximum absolute atomic E-state index is 11.1. The standard InChI is InChI=1S/C19H18N2O2/c20-11-17(19(22)23)16-12-21(13-16)18(14-7-3-1-4-8-14)15-9-5-2-6-10-15/h1-10,16-18H,12-13H2,(H,22,23). The van der Waals surface area contributed by atoms with Crippen LogP contribution in [0.4, 0.5) is 0 Å².